The smallest absolute Gasteiger partial charge is 0.221 e. The Morgan fingerprint density at radius 2 is 1.94 bits per heavy atom. The summed E-state index contributed by atoms with van der Waals surface area (Å²) < 4.78 is 0. The molecule has 0 bridgehead atoms. The molecule has 0 heterocycles. The van der Waals surface area contributed by atoms with Gasteiger partial charge in [-0.15, -0.1) is 0 Å². The number of carbonyl (C=O) groups is 1. The number of amides is 1. The number of nitrogens with zero attached hydrogens (tertiary/aromatic N) is 1. The van der Waals surface area contributed by atoms with E-state index in [1.165, 1.54) is 12.5 Å². The van der Waals surface area contributed by atoms with Crippen molar-refractivity contribution >= 4 is 11.6 Å². The summed E-state index contributed by atoms with van der Waals surface area (Å²) in [6.45, 7) is 2.46. The average molecular weight is 221 g/mol. The summed E-state index contributed by atoms with van der Waals surface area (Å²) in [6.07, 6.45) is 0.984. The van der Waals surface area contributed by atoms with Gasteiger partial charge in [-0.25, -0.2) is 5.01 Å². The molecule has 0 spiro atoms. The molecule has 0 unspecified atom stereocenters. The van der Waals surface area contributed by atoms with E-state index >= 15 is 0 Å². The fourth-order valence-corrected chi connectivity index (χ4v) is 1.37. The Kier molecular flexibility index (Phi) is 4.95. The van der Waals surface area contributed by atoms with Crippen molar-refractivity contribution in [2.24, 2.45) is 0 Å². The molecule has 0 aliphatic rings. The maximum atomic E-state index is 10.8. The Balaban J connectivity index is 2.48. The topological polar surface area (TPSA) is 44.4 Å². The van der Waals surface area contributed by atoms with Gasteiger partial charge in [0.1, 0.15) is 0 Å². The Morgan fingerprint density at radius 1 is 1.31 bits per heavy atom. The molecule has 16 heavy (non-hydrogen) atoms. The first-order valence-corrected chi connectivity index (χ1v) is 5.37. The van der Waals surface area contributed by atoms with E-state index in [1.54, 1.807) is 0 Å². The molecule has 1 amide bonds. The number of likely N-dealkylation sites (N-methyl/N-ethyl adjacent to an activating group) is 1. The highest BCUT2D eigenvalue weighted by Gasteiger charge is 1.98. The molecule has 0 radical (unpaired) electrons. The van der Waals surface area contributed by atoms with Crippen molar-refractivity contribution in [2.45, 2.75) is 13.3 Å². The van der Waals surface area contributed by atoms with Crippen LogP contribution >= 0.6 is 0 Å². The molecule has 88 valence electrons. The van der Waals surface area contributed by atoms with E-state index < -0.39 is 0 Å². The van der Waals surface area contributed by atoms with E-state index in [0.29, 0.717) is 0 Å². The summed E-state index contributed by atoms with van der Waals surface area (Å²) in [5, 5.41) is 4.78. The molecule has 1 aromatic rings. The van der Waals surface area contributed by atoms with Crippen LogP contribution in [0.3, 0.4) is 0 Å². The van der Waals surface area contributed by atoms with Gasteiger partial charge >= 0.3 is 0 Å². The van der Waals surface area contributed by atoms with Crippen LogP contribution in [0.15, 0.2) is 24.3 Å². The summed E-state index contributed by atoms with van der Waals surface area (Å²) >= 11 is 0. The van der Waals surface area contributed by atoms with Crippen molar-refractivity contribution in [3.63, 3.8) is 0 Å². The Hall–Kier alpha value is -1.39. The number of anilines is 1. The molecule has 1 rings (SSSR count). The van der Waals surface area contributed by atoms with Crippen LogP contribution in [0.4, 0.5) is 5.69 Å². The number of rotatable bonds is 5. The monoisotopic (exact) mass is 221 g/mol. The summed E-state index contributed by atoms with van der Waals surface area (Å²) in [6, 6.07) is 7.93. The van der Waals surface area contributed by atoms with Gasteiger partial charge in [0.15, 0.2) is 0 Å². The summed E-state index contributed by atoms with van der Waals surface area (Å²) in [5.41, 5.74) is 5.15. The van der Waals surface area contributed by atoms with Gasteiger partial charge in [-0.1, -0.05) is 12.1 Å². The first-order valence-electron chi connectivity index (χ1n) is 5.37. The fraction of sp³-hybridized carbons (Fsp3) is 0.417. The van der Waals surface area contributed by atoms with Crippen LogP contribution < -0.4 is 10.7 Å². The van der Waals surface area contributed by atoms with Crippen molar-refractivity contribution in [1.82, 2.24) is 10.4 Å². The standard InChI is InChI=1S/C12H19N3O/c1-10(16)14-12-6-4-11(5-7-12)8-9-15(3)13-2/h4-7,13H,8-9H2,1-3H3,(H,14,16). The molecule has 0 aliphatic heterocycles. The molecular weight excluding hydrogens is 202 g/mol. The largest absolute Gasteiger partial charge is 0.326 e. The molecule has 4 heteroatoms. The summed E-state index contributed by atoms with van der Waals surface area (Å²) in [5.74, 6) is -0.0392. The number of benzene rings is 1. The van der Waals surface area contributed by atoms with Gasteiger partial charge < -0.3 is 5.32 Å². The van der Waals surface area contributed by atoms with E-state index in [4.69, 9.17) is 0 Å². The second-order valence-electron chi connectivity index (χ2n) is 3.77. The number of hydrogen-bond donors (Lipinski definition) is 2. The quantitative estimate of drug-likeness (QED) is 0.736. The van der Waals surface area contributed by atoms with Gasteiger partial charge in [0.25, 0.3) is 0 Å². The van der Waals surface area contributed by atoms with Crippen LogP contribution in [0.1, 0.15) is 12.5 Å². The first kappa shape index (κ1) is 12.7. The van der Waals surface area contributed by atoms with Crippen LogP contribution in [-0.4, -0.2) is 31.6 Å². The van der Waals surface area contributed by atoms with Crippen LogP contribution in [0.25, 0.3) is 0 Å². The zero-order valence-electron chi connectivity index (χ0n) is 10.1. The summed E-state index contributed by atoms with van der Waals surface area (Å²) in [4.78, 5) is 10.8. The Morgan fingerprint density at radius 3 is 2.44 bits per heavy atom. The van der Waals surface area contributed by atoms with Gasteiger partial charge in [-0.2, -0.15) is 0 Å². The molecule has 4 nitrogen and oxygen atoms in total. The predicted molar refractivity (Wildman–Crippen MR) is 66.1 cm³/mol. The van der Waals surface area contributed by atoms with Gasteiger partial charge in [0.2, 0.25) is 5.91 Å². The molecule has 0 fully saturated rings. The van der Waals surface area contributed by atoms with Crippen LogP contribution in [-0.2, 0) is 11.2 Å². The lowest BCUT2D eigenvalue weighted by atomic mass is 10.1. The maximum absolute atomic E-state index is 10.8. The molecule has 2 N–H and O–H groups in total. The summed E-state index contributed by atoms with van der Waals surface area (Å²) in [7, 11) is 3.91. The Labute approximate surface area is 96.6 Å². The number of hydrogen-bond acceptors (Lipinski definition) is 3. The lowest BCUT2D eigenvalue weighted by molar-refractivity contribution is -0.114. The molecule has 0 saturated carbocycles. The SMILES string of the molecule is CNN(C)CCc1ccc(NC(C)=O)cc1. The fourth-order valence-electron chi connectivity index (χ4n) is 1.37. The van der Waals surface area contributed by atoms with E-state index in [9.17, 15) is 4.79 Å². The normalized spacial score (nSPS) is 10.5. The maximum Gasteiger partial charge on any atom is 0.221 e. The number of hydrazine groups is 1. The van der Waals surface area contributed by atoms with E-state index in [0.717, 1.165) is 18.7 Å². The van der Waals surface area contributed by atoms with Gasteiger partial charge in [-0.05, 0) is 31.2 Å². The first-order chi connectivity index (χ1) is 7.61. The molecule has 0 aromatic heterocycles. The van der Waals surface area contributed by atoms with Crippen molar-refractivity contribution in [1.29, 1.82) is 0 Å². The Bertz CT molecular complexity index is 335. The van der Waals surface area contributed by atoms with Crippen molar-refractivity contribution in [2.75, 3.05) is 26.0 Å². The zero-order valence-corrected chi connectivity index (χ0v) is 10.1. The van der Waals surface area contributed by atoms with Crippen molar-refractivity contribution in [3.8, 4) is 0 Å². The second-order valence-corrected chi connectivity index (χ2v) is 3.77. The van der Waals surface area contributed by atoms with E-state index in [-0.39, 0.29) is 5.91 Å². The molecule has 1 aromatic carbocycles. The lowest BCUT2D eigenvalue weighted by Gasteiger charge is -2.14. The molecule has 0 aliphatic carbocycles. The van der Waals surface area contributed by atoms with Gasteiger partial charge in [-0.3, -0.25) is 10.2 Å². The highest BCUT2D eigenvalue weighted by atomic mass is 16.1. The second kappa shape index (κ2) is 6.25. The number of carbonyl (C=O) groups excluding carboxylic acids is 1. The highest BCUT2D eigenvalue weighted by molar-refractivity contribution is 5.88. The van der Waals surface area contributed by atoms with Crippen LogP contribution in [0.2, 0.25) is 0 Å². The molecular formula is C12H19N3O. The average Bonchev–Trinajstić information content (AvgIpc) is 2.27. The molecule has 0 atom stereocenters. The third kappa shape index (κ3) is 4.42. The van der Waals surface area contributed by atoms with Crippen LogP contribution in [0, 0.1) is 0 Å². The van der Waals surface area contributed by atoms with E-state index in [2.05, 4.69) is 10.7 Å². The van der Waals surface area contributed by atoms with Gasteiger partial charge in [0.05, 0.1) is 0 Å². The van der Waals surface area contributed by atoms with Crippen LogP contribution in [0.5, 0.6) is 0 Å². The third-order valence-electron chi connectivity index (χ3n) is 2.39. The van der Waals surface area contributed by atoms with Gasteiger partial charge in [0, 0.05) is 26.2 Å². The lowest BCUT2D eigenvalue weighted by Crippen LogP contribution is -2.32. The third-order valence-corrected chi connectivity index (χ3v) is 2.39. The minimum atomic E-state index is -0.0392. The molecule has 0 saturated heterocycles. The predicted octanol–water partition coefficient (Wildman–Crippen LogP) is 1.25. The highest BCUT2D eigenvalue weighted by Crippen LogP contribution is 2.09. The van der Waals surface area contributed by atoms with E-state index in [1.807, 2.05) is 43.4 Å². The zero-order chi connectivity index (χ0) is 12.0. The minimum absolute atomic E-state index is 0.0392. The minimum Gasteiger partial charge on any atom is -0.326 e. The van der Waals surface area contributed by atoms with Crippen molar-refractivity contribution < 1.29 is 4.79 Å². The number of nitrogens with one attached hydrogen (secondary N) is 2. The van der Waals surface area contributed by atoms with Crippen molar-refractivity contribution in [3.05, 3.63) is 29.8 Å².